The normalized spacial score (nSPS) is 25.5. The Hall–Kier alpha value is -0.430. The van der Waals surface area contributed by atoms with Crippen LogP contribution in [0.3, 0.4) is 0 Å². The van der Waals surface area contributed by atoms with Crippen LogP contribution in [0.1, 0.15) is 19.3 Å². The minimum Gasteiger partial charge on any atom is -0.393 e. The van der Waals surface area contributed by atoms with E-state index in [1.165, 1.54) is 0 Å². The van der Waals surface area contributed by atoms with Gasteiger partial charge >= 0.3 is 0 Å². The van der Waals surface area contributed by atoms with E-state index in [9.17, 15) is 5.11 Å². The minimum atomic E-state index is -0.152. The van der Waals surface area contributed by atoms with Crippen LogP contribution in [0.5, 0.6) is 0 Å². The Labute approximate surface area is 103 Å². The van der Waals surface area contributed by atoms with E-state index in [2.05, 4.69) is 37.9 Å². The highest BCUT2D eigenvalue weighted by molar-refractivity contribution is 14.1. The number of halogens is 1. The third-order valence-corrected chi connectivity index (χ3v) is 3.32. The fraction of sp³-hybridized carbons (Fsp3) is 0.600. The molecular weight excluding hydrogens is 305 g/mol. The van der Waals surface area contributed by atoms with Crippen molar-refractivity contribution in [1.29, 1.82) is 0 Å². The van der Waals surface area contributed by atoms with E-state index in [0.717, 1.165) is 29.4 Å². The van der Waals surface area contributed by atoms with Gasteiger partial charge < -0.3 is 10.4 Å². The fourth-order valence-corrected chi connectivity index (χ4v) is 2.16. The highest BCUT2D eigenvalue weighted by atomic mass is 127. The van der Waals surface area contributed by atoms with Crippen molar-refractivity contribution in [1.82, 2.24) is 9.97 Å². The first-order valence-electron chi connectivity index (χ1n) is 5.15. The van der Waals surface area contributed by atoms with Crippen molar-refractivity contribution in [2.24, 2.45) is 5.92 Å². The van der Waals surface area contributed by atoms with E-state index in [-0.39, 0.29) is 6.10 Å². The van der Waals surface area contributed by atoms with E-state index in [1.807, 2.05) is 0 Å². The minimum absolute atomic E-state index is 0.152. The lowest BCUT2D eigenvalue weighted by Crippen LogP contribution is -2.22. The Bertz CT molecular complexity index is 317. The van der Waals surface area contributed by atoms with Gasteiger partial charge in [-0.15, -0.1) is 0 Å². The zero-order valence-electron chi connectivity index (χ0n) is 8.36. The molecule has 2 unspecified atom stereocenters. The van der Waals surface area contributed by atoms with Gasteiger partial charge in [0, 0.05) is 28.4 Å². The summed E-state index contributed by atoms with van der Waals surface area (Å²) in [5.74, 6) is 1.00. The molecule has 2 atom stereocenters. The van der Waals surface area contributed by atoms with Crippen molar-refractivity contribution < 1.29 is 5.11 Å². The molecule has 1 aliphatic rings. The number of nitrogens with one attached hydrogen (secondary N) is 1. The molecule has 1 fully saturated rings. The molecule has 2 N–H and O–H groups in total. The first-order chi connectivity index (χ1) is 7.25. The van der Waals surface area contributed by atoms with Gasteiger partial charge in [-0.05, 0) is 35.4 Å². The second-order valence-corrected chi connectivity index (χ2v) is 5.11. The van der Waals surface area contributed by atoms with Crippen LogP contribution in [-0.4, -0.2) is 27.7 Å². The van der Waals surface area contributed by atoms with Crippen molar-refractivity contribution in [3.05, 3.63) is 16.0 Å². The Morgan fingerprint density at radius 3 is 2.73 bits per heavy atom. The topological polar surface area (TPSA) is 58.0 Å². The number of aliphatic hydroxyl groups is 1. The predicted molar refractivity (Wildman–Crippen MR) is 66.6 cm³/mol. The molecule has 1 aliphatic carbocycles. The summed E-state index contributed by atoms with van der Waals surface area (Å²) in [7, 11) is 0. The number of aliphatic hydroxyl groups excluding tert-OH is 1. The molecule has 15 heavy (non-hydrogen) atoms. The number of aromatic nitrogens is 2. The van der Waals surface area contributed by atoms with Gasteiger partial charge in [0.1, 0.15) is 0 Å². The number of hydrogen-bond acceptors (Lipinski definition) is 4. The van der Waals surface area contributed by atoms with Crippen LogP contribution in [-0.2, 0) is 0 Å². The summed E-state index contributed by atoms with van der Waals surface area (Å²) in [6.07, 6.45) is 6.56. The molecule has 1 heterocycles. The number of hydrogen-bond donors (Lipinski definition) is 2. The fourth-order valence-electron chi connectivity index (χ4n) is 1.88. The second kappa shape index (κ2) is 5.07. The van der Waals surface area contributed by atoms with Gasteiger partial charge in [-0.25, -0.2) is 9.97 Å². The molecule has 0 saturated heterocycles. The largest absolute Gasteiger partial charge is 0.393 e. The Kier molecular flexibility index (Phi) is 3.74. The van der Waals surface area contributed by atoms with Crippen molar-refractivity contribution >= 4 is 28.5 Å². The summed E-state index contributed by atoms with van der Waals surface area (Å²) < 4.78 is 1.03. The summed E-state index contributed by atoms with van der Waals surface area (Å²) in [6, 6.07) is 0. The molecule has 1 aromatic heterocycles. The number of anilines is 1. The van der Waals surface area contributed by atoms with Gasteiger partial charge in [0.25, 0.3) is 0 Å². The maximum Gasteiger partial charge on any atom is 0.222 e. The smallest absolute Gasteiger partial charge is 0.222 e. The maximum atomic E-state index is 9.63. The van der Waals surface area contributed by atoms with Crippen LogP contribution in [0, 0.1) is 9.49 Å². The predicted octanol–water partition coefficient (Wildman–Crippen LogP) is 1.65. The molecular formula is C10H14IN3O. The summed E-state index contributed by atoms with van der Waals surface area (Å²) in [4.78, 5) is 8.31. The Morgan fingerprint density at radius 1 is 1.40 bits per heavy atom. The first-order valence-corrected chi connectivity index (χ1v) is 6.23. The highest BCUT2D eigenvalue weighted by Gasteiger charge is 2.24. The average Bonchev–Trinajstić information content (AvgIpc) is 2.63. The van der Waals surface area contributed by atoms with Gasteiger partial charge in [0.15, 0.2) is 0 Å². The first kappa shape index (κ1) is 11.1. The van der Waals surface area contributed by atoms with Crippen LogP contribution in [0.2, 0.25) is 0 Å². The zero-order valence-corrected chi connectivity index (χ0v) is 10.5. The van der Waals surface area contributed by atoms with Gasteiger partial charge in [-0.2, -0.15) is 0 Å². The SMILES string of the molecule is OC1CCCC1CNc1ncc(I)cn1. The molecule has 1 aromatic rings. The van der Waals surface area contributed by atoms with Crippen molar-refractivity contribution in [2.75, 3.05) is 11.9 Å². The molecule has 0 aliphatic heterocycles. The van der Waals surface area contributed by atoms with Gasteiger partial charge in [-0.3, -0.25) is 0 Å². The molecule has 2 rings (SSSR count). The van der Waals surface area contributed by atoms with Crippen LogP contribution in [0.4, 0.5) is 5.95 Å². The third kappa shape index (κ3) is 3.01. The standard InChI is InChI=1S/C10H14IN3O/c11-8-5-13-10(14-6-8)12-4-7-2-1-3-9(7)15/h5-7,9,15H,1-4H2,(H,12,13,14). The number of rotatable bonds is 3. The monoisotopic (exact) mass is 319 g/mol. The van der Waals surface area contributed by atoms with E-state index < -0.39 is 0 Å². The van der Waals surface area contributed by atoms with Crippen molar-refractivity contribution in [2.45, 2.75) is 25.4 Å². The highest BCUT2D eigenvalue weighted by Crippen LogP contribution is 2.25. The Balaban J connectivity index is 1.85. The second-order valence-electron chi connectivity index (χ2n) is 3.86. The lowest BCUT2D eigenvalue weighted by atomic mass is 10.1. The summed E-state index contributed by atoms with van der Waals surface area (Å²) in [5, 5.41) is 12.8. The van der Waals surface area contributed by atoms with E-state index in [0.29, 0.717) is 11.9 Å². The summed E-state index contributed by atoms with van der Waals surface area (Å²) in [6.45, 7) is 0.766. The van der Waals surface area contributed by atoms with E-state index in [4.69, 9.17) is 0 Å². The van der Waals surface area contributed by atoms with Crippen LogP contribution >= 0.6 is 22.6 Å². The molecule has 0 radical (unpaired) electrons. The zero-order chi connectivity index (χ0) is 10.7. The molecule has 0 aromatic carbocycles. The third-order valence-electron chi connectivity index (χ3n) is 2.76. The van der Waals surface area contributed by atoms with Gasteiger partial charge in [-0.1, -0.05) is 6.42 Å². The lowest BCUT2D eigenvalue weighted by molar-refractivity contribution is 0.138. The van der Waals surface area contributed by atoms with Crippen molar-refractivity contribution in [3.8, 4) is 0 Å². The molecule has 82 valence electrons. The quantitative estimate of drug-likeness (QED) is 0.832. The van der Waals surface area contributed by atoms with Crippen molar-refractivity contribution in [3.63, 3.8) is 0 Å². The molecule has 0 amide bonds. The molecule has 4 nitrogen and oxygen atoms in total. The van der Waals surface area contributed by atoms with Gasteiger partial charge in [0.2, 0.25) is 5.95 Å². The van der Waals surface area contributed by atoms with Gasteiger partial charge in [0.05, 0.1) is 6.10 Å². The van der Waals surface area contributed by atoms with E-state index >= 15 is 0 Å². The summed E-state index contributed by atoms with van der Waals surface area (Å²) in [5.41, 5.74) is 0. The van der Waals surface area contributed by atoms with Crippen LogP contribution in [0.15, 0.2) is 12.4 Å². The molecule has 5 heteroatoms. The van der Waals surface area contributed by atoms with E-state index in [1.54, 1.807) is 12.4 Å². The Morgan fingerprint density at radius 2 is 2.13 bits per heavy atom. The summed E-state index contributed by atoms with van der Waals surface area (Å²) >= 11 is 2.17. The maximum absolute atomic E-state index is 9.63. The van der Waals surface area contributed by atoms with Crippen LogP contribution < -0.4 is 5.32 Å². The lowest BCUT2D eigenvalue weighted by Gasteiger charge is -2.14. The molecule has 0 bridgehead atoms. The molecule has 0 spiro atoms. The number of nitrogens with zero attached hydrogens (tertiary/aromatic N) is 2. The average molecular weight is 319 g/mol. The molecule has 1 saturated carbocycles. The van der Waals surface area contributed by atoms with Crippen LogP contribution in [0.25, 0.3) is 0 Å².